The van der Waals surface area contributed by atoms with Crippen molar-refractivity contribution in [3.8, 4) is 5.75 Å². The van der Waals surface area contributed by atoms with Crippen LogP contribution in [0.2, 0.25) is 0 Å². The molecule has 2 rings (SSSR count). The van der Waals surface area contributed by atoms with Crippen LogP contribution in [0.25, 0.3) is 0 Å². The summed E-state index contributed by atoms with van der Waals surface area (Å²) in [4.78, 5) is 6.36. The van der Waals surface area contributed by atoms with E-state index >= 15 is 0 Å². The Kier molecular flexibility index (Phi) is 7.68. The number of morpholine rings is 1. The van der Waals surface area contributed by atoms with E-state index in [1.807, 2.05) is 36.1 Å². The summed E-state index contributed by atoms with van der Waals surface area (Å²) in [6, 6.07) is 7.98. The maximum atomic E-state index is 5.92. The molecule has 1 saturated heterocycles. The Morgan fingerprint density at radius 2 is 2.15 bits per heavy atom. The highest BCUT2D eigenvalue weighted by molar-refractivity contribution is 14.0. The second-order valence-electron chi connectivity index (χ2n) is 4.50. The molecule has 0 saturated carbocycles. The quantitative estimate of drug-likeness (QED) is 0.367. The predicted octanol–water partition coefficient (Wildman–Crippen LogP) is 1.64. The zero-order valence-electron chi connectivity index (χ0n) is 11.7. The summed E-state index contributed by atoms with van der Waals surface area (Å²) in [5, 5.41) is 0. The Morgan fingerprint density at radius 3 is 2.85 bits per heavy atom. The normalized spacial score (nSPS) is 15.7. The minimum absolute atomic E-state index is 0. The van der Waals surface area contributed by atoms with Crippen LogP contribution in [0.5, 0.6) is 5.75 Å². The third-order valence-corrected chi connectivity index (χ3v) is 2.96. The van der Waals surface area contributed by atoms with Gasteiger partial charge >= 0.3 is 0 Å². The molecule has 1 fully saturated rings. The summed E-state index contributed by atoms with van der Waals surface area (Å²) in [6.45, 7) is 6.21. The average Bonchev–Trinajstić information content (AvgIpc) is 2.44. The third-order valence-electron chi connectivity index (χ3n) is 2.96. The molecule has 112 valence electrons. The van der Waals surface area contributed by atoms with E-state index in [2.05, 4.69) is 4.99 Å². The smallest absolute Gasteiger partial charge is 0.191 e. The van der Waals surface area contributed by atoms with E-state index in [9.17, 15) is 0 Å². The number of hydrogen-bond acceptors (Lipinski definition) is 3. The molecule has 0 spiro atoms. The number of halogens is 1. The Morgan fingerprint density at radius 1 is 1.40 bits per heavy atom. The van der Waals surface area contributed by atoms with Gasteiger partial charge in [0, 0.05) is 13.1 Å². The zero-order chi connectivity index (χ0) is 13.5. The topological polar surface area (TPSA) is 60.1 Å². The fourth-order valence-electron chi connectivity index (χ4n) is 1.92. The predicted molar refractivity (Wildman–Crippen MR) is 91.0 cm³/mol. The number of aryl methyl sites for hydroxylation is 1. The zero-order valence-corrected chi connectivity index (χ0v) is 14.1. The highest BCUT2D eigenvalue weighted by Gasteiger charge is 2.11. The highest BCUT2D eigenvalue weighted by atomic mass is 127. The number of ether oxygens (including phenoxy) is 2. The lowest BCUT2D eigenvalue weighted by molar-refractivity contribution is 0.0674. The third kappa shape index (κ3) is 5.54. The molecule has 5 nitrogen and oxygen atoms in total. The van der Waals surface area contributed by atoms with Gasteiger partial charge in [-0.2, -0.15) is 0 Å². The van der Waals surface area contributed by atoms with Crippen molar-refractivity contribution in [2.45, 2.75) is 6.92 Å². The Labute approximate surface area is 137 Å². The van der Waals surface area contributed by atoms with Crippen molar-refractivity contribution in [2.24, 2.45) is 10.7 Å². The summed E-state index contributed by atoms with van der Waals surface area (Å²) in [6.07, 6.45) is 0. The van der Waals surface area contributed by atoms with Crippen LogP contribution in [0.1, 0.15) is 5.56 Å². The monoisotopic (exact) mass is 391 g/mol. The standard InChI is InChI=1S/C14H21N3O2.HI/c1-12-3-2-4-13(11-12)19-8-5-16-14(15)17-6-9-18-10-7-17;/h2-4,11H,5-10H2,1H3,(H2,15,16);1H. The van der Waals surface area contributed by atoms with Crippen LogP contribution in [-0.2, 0) is 4.74 Å². The van der Waals surface area contributed by atoms with Crippen molar-refractivity contribution in [3.63, 3.8) is 0 Å². The molecule has 0 aromatic heterocycles. The molecule has 0 aliphatic carbocycles. The van der Waals surface area contributed by atoms with Crippen LogP contribution in [-0.4, -0.2) is 50.3 Å². The van der Waals surface area contributed by atoms with Gasteiger partial charge in [0.25, 0.3) is 0 Å². The number of guanidine groups is 1. The van der Waals surface area contributed by atoms with Crippen molar-refractivity contribution in [1.82, 2.24) is 4.90 Å². The SMILES string of the molecule is Cc1cccc(OCCN=C(N)N2CCOCC2)c1.I. The second kappa shape index (κ2) is 9.02. The molecule has 0 unspecified atom stereocenters. The fraction of sp³-hybridized carbons (Fsp3) is 0.500. The first-order chi connectivity index (χ1) is 9.25. The molecule has 20 heavy (non-hydrogen) atoms. The summed E-state index contributed by atoms with van der Waals surface area (Å²) >= 11 is 0. The van der Waals surface area contributed by atoms with Gasteiger partial charge in [-0.3, -0.25) is 0 Å². The van der Waals surface area contributed by atoms with Crippen molar-refractivity contribution in [3.05, 3.63) is 29.8 Å². The lowest BCUT2D eigenvalue weighted by Gasteiger charge is -2.27. The van der Waals surface area contributed by atoms with Crippen molar-refractivity contribution < 1.29 is 9.47 Å². The molecule has 1 aliphatic rings. The minimum atomic E-state index is 0. The van der Waals surface area contributed by atoms with Crippen LogP contribution >= 0.6 is 24.0 Å². The number of hydrogen-bond donors (Lipinski definition) is 1. The maximum Gasteiger partial charge on any atom is 0.191 e. The van der Waals surface area contributed by atoms with Gasteiger partial charge in [0.15, 0.2) is 5.96 Å². The minimum Gasteiger partial charge on any atom is -0.492 e. The Hall–Kier alpha value is -1.02. The molecule has 0 bridgehead atoms. The first kappa shape index (κ1) is 17.0. The van der Waals surface area contributed by atoms with Gasteiger partial charge in [0.1, 0.15) is 12.4 Å². The molecular formula is C14H22IN3O2. The largest absolute Gasteiger partial charge is 0.492 e. The molecule has 2 N–H and O–H groups in total. The van der Waals surface area contributed by atoms with Crippen LogP contribution < -0.4 is 10.5 Å². The highest BCUT2D eigenvalue weighted by Crippen LogP contribution is 2.11. The molecular weight excluding hydrogens is 369 g/mol. The lowest BCUT2D eigenvalue weighted by atomic mass is 10.2. The van der Waals surface area contributed by atoms with Gasteiger partial charge in [-0.05, 0) is 24.6 Å². The summed E-state index contributed by atoms with van der Waals surface area (Å²) in [7, 11) is 0. The molecule has 0 radical (unpaired) electrons. The number of nitrogens with two attached hydrogens (primary N) is 1. The van der Waals surface area contributed by atoms with Gasteiger partial charge in [-0.25, -0.2) is 4.99 Å². The van der Waals surface area contributed by atoms with Crippen molar-refractivity contribution in [2.75, 3.05) is 39.5 Å². The first-order valence-electron chi connectivity index (χ1n) is 6.58. The van der Waals surface area contributed by atoms with E-state index in [4.69, 9.17) is 15.2 Å². The van der Waals surface area contributed by atoms with Gasteiger partial charge < -0.3 is 20.1 Å². The van der Waals surface area contributed by atoms with Gasteiger partial charge in [-0.15, -0.1) is 24.0 Å². The van der Waals surface area contributed by atoms with E-state index in [1.54, 1.807) is 0 Å². The van der Waals surface area contributed by atoms with Crippen LogP contribution in [0, 0.1) is 6.92 Å². The molecule has 6 heteroatoms. The Bertz CT molecular complexity index is 434. The van der Waals surface area contributed by atoms with E-state index in [1.165, 1.54) is 5.56 Å². The summed E-state index contributed by atoms with van der Waals surface area (Å²) in [5.74, 6) is 1.45. The number of rotatable bonds is 4. The van der Waals surface area contributed by atoms with E-state index in [0.29, 0.717) is 19.1 Å². The first-order valence-corrected chi connectivity index (χ1v) is 6.58. The van der Waals surface area contributed by atoms with E-state index < -0.39 is 0 Å². The fourth-order valence-corrected chi connectivity index (χ4v) is 1.92. The molecule has 1 heterocycles. The molecule has 1 aromatic rings. The number of aliphatic imine (C=N–C) groups is 1. The van der Waals surface area contributed by atoms with Crippen molar-refractivity contribution >= 4 is 29.9 Å². The van der Waals surface area contributed by atoms with Gasteiger partial charge in [0.05, 0.1) is 19.8 Å². The van der Waals surface area contributed by atoms with Gasteiger partial charge in [0.2, 0.25) is 0 Å². The molecule has 0 amide bonds. The van der Waals surface area contributed by atoms with Crippen molar-refractivity contribution in [1.29, 1.82) is 0 Å². The second-order valence-corrected chi connectivity index (χ2v) is 4.50. The summed E-state index contributed by atoms with van der Waals surface area (Å²) in [5.41, 5.74) is 7.11. The lowest BCUT2D eigenvalue weighted by Crippen LogP contribution is -2.45. The Balaban J connectivity index is 0.00000200. The van der Waals surface area contributed by atoms with E-state index in [-0.39, 0.29) is 24.0 Å². The van der Waals surface area contributed by atoms with Crippen LogP contribution in [0.3, 0.4) is 0 Å². The van der Waals surface area contributed by atoms with Crippen LogP contribution in [0.4, 0.5) is 0 Å². The van der Waals surface area contributed by atoms with Gasteiger partial charge in [-0.1, -0.05) is 12.1 Å². The molecule has 1 aliphatic heterocycles. The van der Waals surface area contributed by atoms with Crippen LogP contribution in [0.15, 0.2) is 29.3 Å². The average molecular weight is 391 g/mol. The number of nitrogens with zero attached hydrogens (tertiary/aromatic N) is 2. The molecule has 1 aromatic carbocycles. The van der Waals surface area contributed by atoms with E-state index in [0.717, 1.165) is 32.1 Å². The maximum absolute atomic E-state index is 5.92. The molecule has 0 atom stereocenters. The number of benzene rings is 1. The summed E-state index contributed by atoms with van der Waals surface area (Å²) < 4.78 is 10.9.